The van der Waals surface area contributed by atoms with Gasteiger partial charge in [-0.1, -0.05) is 168 Å². The Kier molecular flexibility index (Phi) is 43.5. The Morgan fingerprint density at radius 2 is 0.689 bits per heavy atom. The van der Waals surface area contributed by atoms with Crippen molar-refractivity contribution in [2.24, 2.45) is 0 Å². The van der Waals surface area contributed by atoms with Crippen molar-refractivity contribution in [1.29, 1.82) is 0 Å². The Labute approximate surface area is 379 Å². The van der Waals surface area contributed by atoms with Gasteiger partial charge >= 0.3 is 35.0 Å². The second-order valence-electron chi connectivity index (χ2n) is 15.3. The van der Waals surface area contributed by atoms with Crippen LogP contribution in [-0.2, 0) is 28.7 Å². The van der Waals surface area contributed by atoms with Crippen molar-refractivity contribution >= 4 is 46.9 Å². The number of carbonyl (C=O) groups is 4. The summed E-state index contributed by atoms with van der Waals surface area (Å²) in [6, 6.07) is 0. The van der Waals surface area contributed by atoms with E-state index in [2.05, 4.69) is 23.3 Å². The third-order valence-electron chi connectivity index (χ3n) is 9.92. The molecule has 4 atom stereocenters. The van der Waals surface area contributed by atoms with Crippen LogP contribution in [0.1, 0.15) is 194 Å². The SMILES string of the molecule is CCCCCCCCCCCCCCCC(=O)[O-].CCCCCCCCCCCCCCCC(=O)[O-].O=C1O[C@H]([C@@H](O)CO)C(O)=C1O.O=C1O[C@H]([C@@H](O)CO)C(O)=C1O.[Mg+2]. The fraction of sp³-hybridized carbons (Fsp3) is 0.818. The minimum absolute atomic E-state index is 0. The summed E-state index contributed by atoms with van der Waals surface area (Å²) in [6.45, 7) is 3.17. The maximum Gasteiger partial charge on any atom is 2.00 e. The molecule has 2 aliphatic rings. The second-order valence-corrected chi connectivity index (χ2v) is 15.3. The molecule has 0 aromatic rings. The number of hydrogen-bond acceptors (Lipinski definition) is 16. The zero-order valence-electron chi connectivity index (χ0n) is 37.1. The fourth-order valence-corrected chi connectivity index (χ4v) is 6.22. The number of carbonyl (C=O) groups excluding carboxylic acids is 4. The summed E-state index contributed by atoms with van der Waals surface area (Å²) in [4.78, 5) is 41.4. The largest absolute Gasteiger partial charge is 2.00 e. The molecule has 2 rings (SSSR count). The molecule has 0 aromatic heterocycles. The standard InChI is InChI=1S/2C16H32O2.2C6H8O6.Mg/c2*1-2-3-4-5-6-7-8-9-10-11-12-13-14-15-16(17)18;2*7-1-2(8)5-3(9)4(10)6(11)12-5;/h2*2-15H2,1H3,(H,17,18);2*2,5,7-10H,1H2;/q;;;;+2/p-2/t;;2*2-,5+;/m..00./s1. The number of aliphatic hydroxyl groups is 8. The minimum Gasteiger partial charge on any atom is -0.550 e. The number of esters is 2. The third kappa shape index (κ3) is 34.4. The molecule has 17 heteroatoms. The van der Waals surface area contributed by atoms with Crippen LogP contribution in [0.3, 0.4) is 0 Å². The van der Waals surface area contributed by atoms with Gasteiger partial charge in [-0.15, -0.1) is 0 Å². The summed E-state index contributed by atoms with van der Waals surface area (Å²) >= 11 is 0. The van der Waals surface area contributed by atoms with Crippen LogP contribution in [0.5, 0.6) is 0 Å². The number of unbranched alkanes of at least 4 members (excludes halogenated alkanes) is 24. The molecule has 352 valence electrons. The van der Waals surface area contributed by atoms with Crippen molar-refractivity contribution in [3.05, 3.63) is 23.0 Å². The Hall–Kier alpha value is -2.83. The number of carboxylic acid groups (broad SMARTS) is 2. The molecule has 0 fully saturated rings. The van der Waals surface area contributed by atoms with Crippen molar-refractivity contribution in [2.45, 2.75) is 218 Å². The molecule has 61 heavy (non-hydrogen) atoms. The van der Waals surface area contributed by atoms with Gasteiger partial charge in [-0.2, -0.15) is 0 Å². The summed E-state index contributed by atoms with van der Waals surface area (Å²) < 4.78 is 8.63. The predicted octanol–water partition coefficient (Wildman–Crippen LogP) is 5.24. The van der Waals surface area contributed by atoms with Crippen LogP contribution in [0.15, 0.2) is 23.0 Å². The first kappa shape index (κ1) is 62.5. The zero-order valence-corrected chi connectivity index (χ0v) is 38.5. The van der Waals surface area contributed by atoms with E-state index in [4.69, 9.17) is 40.9 Å². The molecule has 0 radical (unpaired) electrons. The van der Waals surface area contributed by atoms with Gasteiger partial charge in [-0.25, -0.2) is 9.59 Å². The molecular weight excluding hydrogens is 809 g/mol. The summed E-state index contributed by atoms with van der Waals surface area (Å²) in [7, 11) is 0. The van der Waals surface area contributed by atoms with Crippen LogP contribution in [0, 0.1) is 0 Å². The monoisotopic (exact) mass is 887 g/mol. The maximum absolute atomic E-state index is 10.5. The quantitative estimate of drug-likeness (QED) is 0.0243. The van der Waals surface area contributed by atoms with E-state index in [1.807, 2.05) is 0 Å². The Bertz CT molecular complexity index is 1100. The molecule has 0 aliphatic carbocycles. The fourth-order valence-electron chi connectivity index (χ4n) is 6.22. The number of hydrogen-bond donors (Lipinski definition) is 8. The maximum atomic E-state index is 10.5. The third-order valence-corrected chi connectivity index (χ3v) is 9.92. The van der Waals surface area contributed by atoms with E-state index in [0.717, 1.165) is 25.7 Å². The number of rotatable bonds is 32. The average Bonchev–Trinajstić information content (AvgIpc) is 3.64. The van der Waals surface area contributed by atoms with Gasteiger partial charge in [0.1, 0.15) is 12.2 Å². The molecule has 16 nitrogen and oxygen atoms in total. The first-order chi connectivity index (χ1) is 28.7. The molecule has 2 aliphatic heterocycles. The molecule has 0 saturated carbocycles. The molecule has 0 bridgehead atoms. The average molecular weight is 887 g/mol. The molecule has 0 amide bonds. The van der Waals surface area contributed by atoms with E-state index >= 15 is 0 Å². The predicted molar refractivity (Wildman–Crippen MR) is 227 cm³/mol. The number of ether oxygens (including phenoxy) is 2. The van der Waals surface area contributed by atoms with E-state index in [1.54, 1.807) is 0 Å². The Morgan fingerprint density at radius 3 is 0.852 bits per heavy atom. The van der Waals surface area contributed by atoms with E-state index in [-0.39, 0.29) is 35.9 Å². The van der Waals surface area contributed by atoms with Crippen molar-refractivity contribution in [2.75, 3.05) is 13.2 Å². The summed E-state index contributed by atoms with van der Waals surface area (Å²) in [5, 5.41) is 90.5. The Morgan fingerprint density at radius 1 is 0.475 bits per heavy atom. The molecule has 2 heterocycles. The second kappa shape index (κ2) is 42.5. The van der Waals surface area contributed by atoms with Crippen molar-refractivity contribution in [3.63, 3.8) is 0 Å². The molecule has 0 unspecified atom stereocenters. The van der Waals surface area contributed by atoms with Gasteiger partial charge in [0.05, 0.1) is 13.2 Å². The van der Waals surface area contributed by atoms with Gasteiger partial charge in [0, 0.05) is 11.9 Å². The number of aliphatic hydroxyl groups excluding tert-OH is 8. The smallest absolute Gasteiger partial charge is 0.550 e. The van der Waals surface area contributed by atoms with Gasteiger partial charge in [-0.05, 0) is 25.7 Å². The van der Waals surface area contributed by atoms with Crippen LogP contribution in [0.2, 0.25) is 0 Å². The topological polar surface area (TPSA) is 295 Å². The van der Waals surface area contributed by atoms with Gasteiger partial charge in [0.25, 0.3) is 0 Å². The number of aliphatic carboxylic acids is 2. The van der Waals surface area contributed by atoms with E-state index in [1.165, 1.54) is 141 Å². The van der Waals surface area contributed by atoms with Crippen LogP contribution in [0.25, 0.3) is 0 Å². The van der Waals surface area contributed by atoms with E-state index < -0.39 is 84.5 Å². The summed E-state index contributed by atoms with van der Waals surface area (Å²) in [6.07, 6.45) is 28.3. The van der Waals surface area contributed by atoms with Gasteiger partial charge in [0.15, 0.2) is 23.7 Å². The van der Waals surface area contributed by atoms with E-state index in [0.29, 0.717) is 0 Å². The molecule has 0 spiro atoms. The number of cyclic esters (lactones) is 2. The van der Waals surface area contributed by atoms with E-state index in [9.17, 15) is 29.4 Å². The van der Waals surface area contributed by atoms with Gasteiger partial charge in [-0.3, -0.25) is 0 Å². The summed E-state index contributed by atoms with van der Waals surface area (Å²) in [5.41, 5.74) is 0. The van der Waals surface area contributed by atoms with Crippen molar-refractivity contribution in [3.8, 4) is 0 Å². The molecular formula is C44H78MgO16. The van der Waals surface area contributed by atoms with Crippen molar-refractivity contribution in [1.82, 2.24) is 0 Å². The molecule has 0 saturated heterocycles. The first-order valence-corrected chi connectivity index (χ1v) is 22.3. The zero-order chi connectivity index (χ0) is 45.6. The van der Waals surface area contributed by atoms with Crippen LogP contribution < -0.4 is 10.2 Å². The first-order valence-electron chi connectivity index (χ1n) is 22.3. The van der Waals surface area contributed by atoms with Crippen LogP contribution in [0.4, 0.5) is 0 Å². The normalized spacial score (nSPS) is 16.5. The minimum atomic E-state index is -1.42. The van der Waals surface area contributed by atoms with Gasteiger partial charge in [0.2, 0.25) is 11.5 Å². The molecule has 8 N–H and O–H groups in total. The number of carboxylic acids is 2. The summed E-state index contributed by atoms with van der Waals surface area (Å²) in [5.74, 6) is -7.37. The van der Waals surface area contributed by atoms with Crippen LogP contribution >= 0.6 is 0 Å². The Balaban J connectivity index is -0.000000743. The van der Waals surface area contributed by atoms with Crippen molar-refractivity contribution < 1.29 is 79.7 Å². The molecule has 0 aromatic carbocycles. The van der Waals surface area contributed by atoms with Gasteiger partial charge < -0.3 is 70.1 Å². The van der Waals surface area contributed by atoms with Crippen LogP contribution in [-0.4, -0.2) is 125 Å².